The first-order valence-corrected chi connectivity index (χ1v) is 5.95. The molecular formula is C13H13N5. The Bertz CT molecular complexity index is 591. The van der Waals surface area contributed by atoms with Crippen LogP contribution in [0.3, 0.4) is 0 Å². The maximum atomic E-state index is 9.03. The van der Waals surface area contributed by atoms with Crippen LogP contribution in [0, 0.1) is 11.3 Å². The van der Waals surface area contributed by atoms with E-state index in [-0.39, 0.29) is 0 Å². The molecule has 0 unspecified atom stereocenters. The Morgan fingerprint density at radius 1 is 1.39 bits per heavy atom. The van der Waals surface area contributed by atoms with Crippen molar-refractivity contribution in [1.29, 1.82) is 5.26 Å². The van der Waals surface area contributed by atoms with Crippen LogP contribution in [-0.4, -0.2) is 28.1 Å². The minimum Gasteiger partial charge on any atom is -0.315 e. The van der Waals surface area contributed by atoms with E-state index in [0.29, 0.717) is 18.0 Å². The van der Waals surface area contributed by atoms with Crippen molar-refractivity contribution in [3.63, 3.8) is 0 Å². The molecule has 0 aliphatic carbocycles. The minimum atomic E-state index is 0.491. The quantitative estimate of drug-likeness (QED) is 0.863. The highest BCUT2D eigenvalue weighted by atomic mass is 15.4. The Balaban J connectivity index is 1.79. The van der Waals surface area contributed by atoms with Crippen LogP contribution in [0.25, 0.3) is 0 Å². The summed E-state index contributed by atoms with van der Waals surface area (Å²) in [6.07, 6.45) is 1.97. The summed E-state index contributed by atoms with van der Waals surface area (Å²) in [5.41, 5.74) is 2.70. The molecule has 1 aromatic carbocycles. The van der Waals surface area contributed by atoms with Gasteiger partial charge in [0, 0.05) is 25.2 Å². The molecule has 2 heterocycles. The molecule has 1 N–H and O–H groups in total. The Labute approximate surface area is 105 Å². The molecule has 0 radical (unpaired) electrons. The third kappa shape index (κ3) is 1.98. The maximum absolute atomic E-state index is 9.03. The van der Waals surface area contributed by atoms with E-state index in [4.69, 9.17) is 5.26 Å². The number of nitrogens with zero attached hydrogens (tertiary/aromatic N) is 4. The number of hydrogen-bond acceptors (Lipinski definition) is 4. The summed E-state index contributed by atoms with van der Waals surface area (Å²) in [6.45, 7) is 2.55. The minimum absolute atomic E-state index is 0.491. The van der Waals surface area contributed by atoms with Crippen LogP contribution in [0.1, 0.15) is 22.7 Å². The molecule has 0 spiro atoms. The van der Waals surface area contributed by atoms with Gasteiger partial charge in [-0.3, -0.25) is 0 Å². The van der Waals surface area contributed by atoms with E-state index >= 15 is 0 Å². The number of hydrogen-bond donors (Lipinski definition) is 1. The van der Waals surface area contributed by atoms with Crippen LogP contribution in [0.5, 0.6) is 0 Å². The van der Waals surface area contributed by atoms with Gasteiger partial charge in [0.15, 0.2) is 0 Å². The van der Waals surface area contributed by atoms with Crippen LogP contribution in [0.4, 0.5) is 0 Å². The standard InChI is InChI=1S/C13H13N5/c14-5-10-3-1-2-4-11(10)8-18-9-13(16-17-18)12-6-15-7-12/h1-4,9,12,15H,6-8H2. The molecule has 1 fully saturated rings. The highest BCUT2D eigenvalue weighted by Gasteiger charge is 2.21. The predicted octanol–water partition coefficient (Wildman–Crippen LogP) is 0.885. The smallest absolute Gasteiger partial charge is 0.0995 e. The molecule has 0 atom stereocenters. The van der Waals surface area contributed by atoms with E-state index in [2.05, 4.69) is 21.7 Å². The van der Waals surface area contributed by atoms with E-state index in [1.165, 1.54) is 0 Å². The van der Waals surface area contributed by atoms with E-state index in [9.17, 15) is 0 Å². The topological polar surface area (TPSA) is 66.5 Å². The molecule has 5 heteroatoms. The highest BCUT2D eigenvalue weighted by molar-refractivity contribution is 5.37. The lowest BCUT2D eigenvalue weighted by Crippen LogP contribution is -2.40. The Hall–Kier alpha value is -2.19. The largest absolute Gasteiger partial charge is 0.315 e. The lowest BCUT2D eigenvalue weighted by atomic mass is 10.0. The summed E-state index contributed by atoms with van der Waals surface area (Å²) >= 11 is 0. The second-order valence-electron chi connectivity index (χ2n) is 4.47. The third-order valence-electron chi connectivity index (χ3n) is 3.23. The van der Waals surface area contributed by atoms with Gasteiger partial charge in [0.1, 0.15) is 0 Å². The molecule has 5 nitrogen and oxygen atoms in total. The average molecular weight is 239 g/mol. The summed E-state index contributed by atoms with van der Waals surface area (Å²) in [5.74, 6) is 0.491. The second kappa shape index (κ2) is 4.59. The van der Waals surface area contributed by atoms with Gasteiger partial charge < -0.3 is 5.32 Å². The molecule has 1 aromatic heterocycles. The number of benzene rings is 1. The van der Waals surface area contributed by atoms with Gasteiger partial charge >= 0.3 is 0 Å². The Morgan fingerprint density at radius 3 is 2.94 bits per heavy atom. The van der Waals surface area contributed by atoms with Crippen molar-refractivity contribution in [3.05, 3.63) is 47.3 Å². The fraction of sp³-hybridized carbons (Fsp3) is 0.308. The summed E-state index contributed by atoms with van der Waals surface area (Å²) in [6, 6.07) is 9.77. The summed E-state index contributed by atoms with van der Waals surface area (Å²) in [5, 5.41) is 20.5. The SMILES string of the molecule is N#Cc1ccccc1Cn1cc(C2CNC2)nn1. The van der Waals surface area contributed by atoms with E-state index < -0.39 is 0 Å². The van der Waals surface area contributed by atoms with E-state index in [0.717, 1.165) is 24.3 Å². The predicted molar refractivity (Wildman–Crippen MR) is 65.9 cm³/mol. The van der Waals surface area contributed by atoms with Gasteiger partial charge in [-0.2, -0.15) is 5.26 Å². The summed E-state index contributed by atoms with van der Waals surface area (Å²) in [4.78, 5) is 0. The monoisotopic (exact) mass is 239 g/mol. The van der Waals surface area contributed by atoms with Crippen molar-refractivity contribution in [2.45, 2.75) is 12.5 Å². The third-order valence-corrected chi connectivity index (χ3v) is 3.23. The van der Waals surface area contributed by atoms with Crippen molar-refractivity contribution in [1.82, 2.24) is 20.3 Å². The molecule has 1 saturated heterocycles. The lowest BCUT2D eigenvalue weighted by molar-refractivity contribution is 0.439. The van der Waals surface area contributed by atoms with Gasteiger partial charge in [-0.25, -0.2) is 4.68 Å². The van der Waals surface area contributed by atoms with Crippen LogP contribution in [0.2, 0.25) is 0 Å². The van der Waals surface area contributed by atoms with Gasteiger partial charge in [0.25, 0.3) is 0 Å². The van der Waals surface area contributed by atoms with Gasteiger partial charge in [-0.1, -0.05) is 23.4 Å². The molecule has 2 aromatic rings. The second-order valence-corrected chi connectivity index (χ2v) is 4.47. The number of nitriles is 1. The summed E-state index contributed by atoms with van der Waals surface area (Å²) < 4.78 is 1.80. The van der Waals surface area contributed by atoms with Crippen molar-refractivity contribution in [2.24, 2.45) is 0 Å². The van der Waals surface area contributed by atoms with Gasteiger partial charge in [0.2, 0.25) is 0 Å². The lowest BCUT2D eigenvalue weighted by Gasteiger charge is -2.24. The van der Waals surface area contributed by atoms with Crippen LogP contribution < -0.4 is 5.32 Å². The summed E-state index contributed by atoms with van der Waals surface area (Å²) in [7, 11) is 0. The zero-order valence-corrected chi connectivity index (χ0v) is 9.87. The fourth-order valence-electron chi connectivity index (χ4n) is 2.02. The van der Waals surface area contributed by atoms with E-state index in [1.807, 2.05) is 30.5 Å². The normalized spacial score (nSPS) is 15.1. The van der Waals surface area contributed by atoms with Crippen LogP contribution in [-0.2, 0) is 6.54 Å². The number of rotatable bonds is 3. The molecule has 0 amide bonds. The van der Waals surface area contributed by atoms with Gasteiger partial charge in [0.05, 0.1) is 23.9 Å². The Morgan fingerprint density at radius 2 is 2.22 bits per heavy atom. The average Bonchev–Trinajstić information content (AvgIpc) is 2.76. The number of nitrogens with one attached hydrogen (secondary N) is 1. The maximum Gasteiger partial charge on any atom is 0.0995 e. The zero-order chi connectivity index (χ0) is 12.4. The molecule has 0 saturated carbocycles. The Kier molecular flexibility index (Phi) is 2.79. The van der Waals surface area contributed by atoms with Gasteiger partial charge in [-0.05, 0) is 11.6 Å². The molecule has 3 rings (SSSR count). The molecule has 1 aliphatic rings. The molecule has 1 aliphatic heterocycles. The first kappa shape index (κ1) is 10.9. The van der Waals surface area contributed by atoms with Crippen molar-refractivity contribution >= 4 is 0 Å². The van der Waals surface area contributed by atoms with Crippen LogP contribution >= 0.6 is 0 Å². The van der Waals surface area contributed by atoms with Crippen molar-refractivity contribution < 1.29 is 0 Å². The van der Waals surface area contributed by atoms with E-state index in [1.54, 1.807) is 4.68 Å². The van der Waals surface area contributed by atoms with Crippen LogP contribution in [0.15, 0.2) is 30.5 Å². The highest BCUT2D eigenvalue weighted by Crippen LogP contribution is 2.17. The van der Waals surface area contributed by atoms with Crippen molar-refractivity contribution in [2.75, 3.05) is 13.1 Å². The molecule has 0 bridgehead atoms. The zero-order valence-electron chi connectivity index (χ0n) is 9.87. The van der Waals surface area contributed by atoms with Crippen molar-refractivity contribution in [3.8, 4) is 6.07 Å². The molecule has 18 heavy (non-hydrogen) atoms. The first-order chi connectivity index (χ1) is 8.86. The molecule has 90 valence electrons. The van der Waals surface area contributed by atoms with Gasteiger partial charge in [-0.15, -0.1) is 5.10 Å². The number of aromatic nitrogens is 3. The fourth-order valence-corrected chi connectivity index (χ4v) is 2.02. The molecular weight excluding hydrogens is 226 g/mol. The first-order valence-electron chi connectivity index (χ1n) is 5.95.